The highest BCUT2D eigenvalue weighted by molar-refractivity contribution is 14.1. The minimum absolute atomic E-state index is 0.146. The van der Waals surface area contributed by atoms with Crippen LogP contribution >= 0.6 is 34.2 Å². The van der Waals surface area contributed by atoms with Gasteiger partial charge >= 0.3 is 0 Å². The molecule has 0 spiro atoms. The molecule has 2 heteroatoms. The molecule has 1 atom stereocenters. The zero-order valence-electron chi connectivity index (χ0n) is 2.41. The summed E-state index contributed by atoms with van der Waals surface area (Å²) in [7, 11) is 0. The van der Waals surface area contributed by atoms with E-state index in [2.05, 4.69) is 5.92 Å². The zero-order valence-corrected chi connectivity index (χ0v) is 5.32. The first-order valence-electron chi connectivity index (χ1n) is 1.01. The van der Waals surface area contributed by atoms with Crippen molar-refractivity contribution >= 4 is 34.2 Å². The van der Waals surface area contributed by atoms with Gasteiger partial charge in [-0.2, -0.15) is 0 Å². The smallest absolute Gasteiger partial charge is 0.118 e. The molecule has 1 unspecified atom stereocenters. The van der Waals surface area contributed by atoms with Crippen molar-refractivity contribution < 1.29 is 0 Å². The summed E-state index contributed by atoms with van der Waals surface area (Å²) in [6.07, 6.45) is 4.78. The maximum absolute atomic E-state index is 5.21. The third-order valence-electron chi connectivity index (χ3n) is 0.126. The van der Waals surface area contributed by atoms with E-state index in [-0.39, 0.29) is 3.38 Å². The van der Waals surface area contributed by atoms with Crippen LogP contribution in [0.25, 0.3) is 0 Å². The van der Waals surface area contributed by atoms with E-state index in [1.54, 1.807) is 0 Å². The van der Waals surface area contributed by atoms with Gasteiger partial charge in [0.05, 0.1) is 0 Å². The topological polar surface area (TPSA) is 0 Å². The Morgan fingerprint density at radius 3 is 2.20 bits per heavy atom. The first kappa shape index (κ1) is 5.58. The van der Waals surface area contributed by atoms with Crippen molar-refractivity contribution in [1.82, 2.24) is 0 Å². The van der Waals surface area contributed by atoms with Gasteiger partial charge in [-0.15, -0.1) is 6.42 Å². The average molecular weight is 200 g/mol. The molecule has 0 aromatic heterocycles. The highest BCUT2D eigenvalue weighted by atomic mass is 127. The third-order valence-corrected chi connectivity index (χ3v) is 0.612. The third kappa shape index (κ3) is 4.58. The fourth-order valence-corrected chi connectivity index (χ4v) is 0. The van der Waals surface area contributed by atoms with Crippen LogP contribution in [0.5, 0.6) is 0 Å². The molecule has 0 radical (unpaired) electrons. The van der Waals surface area contributed by atoms with Gasteiger partial charge in [0, 0.05) is 0 Å². The lowest BCUT2D eigenvalue weighted by molar-refractivity contribution is 1.86. The maximum Gasteiger partial charge on any atom is 0.145 e. The van der Waals surface area contributed by atoms with Crippen LogP contribution in [0.15, 0.2) is 0 Å². The van der Waals surface area contributed by atoms with Gasteiger partial charge < -0.3 is 0 Å². The molecule has 0 saturated carbocycles. The number of rotatable bonds is 0. The number of hydrogen-bond acceptors (Lipinski definition) is 0. The van der Waals surface area contributed by atoms with E-state index in [4.69, 9.17) is 18.0 Å². The number of halogens is 2. The minimum atomic E-state index is -0.146. The molecule has 0 aliphatic heterocycles. The lowest BCUT2D eigenvalue weighted by Crippen LogP contribution is -1.69. The van der Waals surface area contributed by atoms with Crippen molar-refractivity contribution in [3.63, 3.8) is 0 Å². The van der Waals surface area contributed by atoms with Gasteiger partial charge in [0.25, 0.3) is 0 Å². The number of alkyl halides is 2. The number of terminal acetylenes is 1. The standard InChI is InChI=1S/C3H2ClI/c1-2-3(4)5/h1,3H. The molecule has 0 aromatic rings. The second-order valence-electron chi connectivity index (χ2n) is 0.467. The van der Waals surface area contributed by atoms with Crippen LogP contribution in [0, 0.1) is 12.3 Å². The molecule has 0 rings (SSSR count). The van der Waals surface area contributed by atoms with Crippen LogP contribution in [-0.2, 0) is 0 Å². The molecule has 0 aliphatic rings. The Labute approximate surface area is 50.0 Å². The van der Waals surface area contributed by atoms with Crippen molar-refractivity contribution in [2.24, 2.45) is 0 Å². The first-order valence-corrected chi connectivity index (χ1v) is 2.70. The lowest BCUT2D eigenvalue weighted by Gasteiger charge is -1.74. The molecule has 0 bridgehead atoms. The van der Waals surface area contributed by atoms with Gasteiger partial charge in [-0.05, 0) is 0 Å². The highest BCUT2D eigenvalue weighted by Crippen LogP contribution is 2.00. The summed E-state index contributed by atoms with van der Waals surface area (Å²) < 4.78 is -0.146. The molecule has 28 valence electrons. The predicted molar refractivity (Wildman–Crippen MR) is 32.5 cm³/mol. The molecule has 0 N–H and O–H groups in total. The summed E-state index contributed by atoms with van der Waals surface area (Å²) in [5.41, 5.74) is 0. The molecule has 0 aromatic carbocycles. The van der Waals surface area contributed by atoms with Crippen molar-refractivity contribution in [3.8, 4) is 12.3 Å². The van der Waals surface area contributed by atoms with E-state index in [0.717, 1.165) is 0 Å². The van der Waals surface area contributed by atoms with Crippen LogP contribution in [0.3, 0.4) is 0 Å². The van der Waals surface area contributed by atoms with Gasteiger partial charge in [-0.3, -0.25) is 0 Å². The van der Waals surface area contributed by atoms with E-state index in [9.17, 15) is 0 Å². The molecule has 5 heavy (non-hydrogen) atoms. The molecule has 0 aliphatic carbocycles. The quantitative estimate of drug-likeness (QED) is 0.317. The summed E-state index contributed by atoms with van der Waals surface area (Å²) in [5, 5.41) is 0. The Kier molecular flexibility index (Phi) is 3.12. The van der Waals surface area contributed by atoms with Crippen molar-refractivity contribution in [3.05, 3.63) is 0 Å². The second kappa shape index (κ2) is 2.80. The van der Waals surface area contributed by atoms with E-state index in [1.165, 1.54) is 0 Å². The number of hydrogen-bond donors (Lipinski definition) is 0. The molecule has 0 amide bonds. The second-order valence-corrected chi connectivity index (χ2v) is 2.89. The van der Waals surface area contributed by atoms with Crippen LogP contribution in [0.4, 0.5) is 0 Å². The predicted octanol–water partition coefficient (Wildman–Crippen LogP) is 1.62. The average Bonchev–Trinajstić information content (AvgIpc) is 1.38. The van der Waals surface area contributed by atoms with Crippen LogP contribution in [0.1, 0.15) is 0 Å². The van der Waals surface area contributed by atoms with Crippen molar-refractivity contribution in [2.45, 2.75) is 3.38 Å². The molecule has 0 fully saturated rings. The normalized spacial score (nSPS) is 13.0. The van der Waals surface area contributed by atoms with Gasteiger partial charge in [-0.25, -0.2) is 0 Å². The summed E-state index contributed by atoms with van der Waals surface area (Å²) in [6, 6.07) is 0. The largest absolute Gasteiger partial charge is 0.145 e. The fourth-order valence-electron chi connectivity index (χ4n) is 0. The van der Waals surface area contributed by atoms with Crippen LogP contribution in [0.2, 0.25) is 0 Å². The summed E-state index contributed by atoms with van der Waals surface area (Å²) >= 11 is 7.15. The SMILES string of the molecule is C#CC(Cl)I. The highest BCUT2D eigenvalue weighted by Gasteiger charge is 1.80. The lowest BCUT2D eigenvalue weighted by atomic mass is 10.8. The Bertz CT molecular complexity index is 52.4. The van der Waals surface area contributed by atoms with Crippen LogP contribution in [-0.4, -0.2) is 3.38 Å². The monoisotopic (exact) mass is 200 g/mol. The van der Waals surface area contributed by atoms with Gasteiger partial charge in [0.2, 0.25) is 0 Å². The summed E-state index contributed by atoms with van der Waals surface area (Å²) in [5.74, 6) is 2.28. The van der Waals surface area contributed by atoms with Crippen LogP contribution < -0.4 is 0 Å². The summed E-state index contributed by atoms with van der Waals surface area (Å²) in [4.78, 5) is 0. The Morgan fingerprint density at radius 2 is 2.20 bits per heavy atom. The van der Waals surface area contributed by atoms with Gasteiger partial charge in [0.1, 0.15) is 3.38 Å². The molecule has 0 nitrogen and oxygen atoms in total. The minimum Gasteiger partial charge on any atom is -0.118 e. The molecular formula is C3H2ClI. The Morgan fingerprint density at radius 1 is 2.00 bits per heavy atom. The maximum atomic E-state index is 5.21. The van der Waals surface area contributed by atoms with E-state index in [1.807, 2.05) is 22.6 Å². The molecular weight excluding hydrogens is 198 g/mol. The van der Waals surface area contributed by atoms with E-state index < -0.39 is 0 Å². The van der Waals surface area contributed by atoms with E-state index in [0.29, 0.717) is 0 Å². The Hall–Kier alpha value is 0.580. The fraction of sp³-hybridized carbons (Fsp3) is 0.333. The van der Waals surface area contributed by atoms with Gasteiger partial charge in [0.15, 0.2) is 0 Å². The van der Waals surface area contributed by atoms with Crippen molar-refractivity contribution in [1.29, 1.82) is 0 Å². The van der Waals surface area contributed by atoms with E-state index >= 15 is 0 Å². The van der Waals surface area contributed by atoms with Gasteiger partial charge in [-0.1, -0.05) is 40.1 Å². The Balaban J connectivity index is 2.94. The summed E-state index contributed by atoms with van der Waals surface area (Å²) in [6.45, 7) is 0. The molecule has 0 heterocycles. The first-order chi connectivity index (χ1) is 2.27. The zero-order chi connectivity index (χ0) is 4.28. The van der Waals surface area contributed by atoms with Crippen molar-refractivity contribution in [2.75, 3.05) is 0 Å². The molecule has 0 saturated heterocycles.